The molecule has 4 nitrogen and oxygen atoms in total. The van der Waals surface area contributed by atoms with E-state index in [1.807, 2.05) is 0 Å². The van der Waals surface area contributed by atoms with Crippen molar-refractivity contribution in [1.82, 2.24) is 5.32 Å². The predicted molar refractivity (Wildman–Crippen MR) is 67.3 cm³/mol. The summed E-state index contributed by atoms with van der Waals surface area (Å²) < 4.78 is 29.4. The van der Waals surface area contributed by atoms with Crippen LogP contribution in [0, 0.1) is 0 Å². The number of hydrogen-bond donors (Lipinski definition) is 2. The largest absolute Gasteiger partial charge is 0.314 e. The van der Waals surface area contributed by atoms with Crippen LogP contribution in [0.15, 0.2) is 0 Å². The van der Waals surface area contributed by atoms with Gasteiger partial charge in [-0.3, -0.25) is 4.55 Å². The van der Waals surface area contributed by atoms with Gasteiger partial charge in [-0.2, -0.15) is 8.42 Å². The van der Waals surface area contributed by atoms with Crippen LogP contribution in [0.5, 0.6) is 0 Å². The second kappa shape index (κ2) is 8.96. The first-order valence-electron chi connectivity index (χ1n) is 6.14. The highest BCUT2D eigenvalue weighted by molar-refractivity contribution is 7.85. The van der Waals surface area contributed by atoms with E-state index in [4.69, 9.17) is 4.55 Å². The Morgan fingerprint density at radius 1 is 1.19 bits per heavy atom. The van der Waals surface area contributed by atoms with Gasteiger partial charge in [0.2, 0.25) is 0 Å². The molecule has 0 radical (unpaired) electrons. The Morgan fingerprint density at radius 3 is 2.44 bits per heavy atom. The molecule has 0 rings (SSSR count). The van der Waals surface area contributed by atoms with Gasteiger partial charge in [0, 0.05) is 6.04 Å². The van der Waals surface area contributed by atoms with E-state index < -0.39 is 10.1 Å². The minimum Gasteiger partial charge on any atom is -0.314 e. The maximum absolute atomic E-state index is 10.4. The average molecular weight is 251 g/mol. The van der Waals surface area contributed by atoms with Crippen LogP contribution in [0.25, 0.3) is 0 Å². The molecule has 0 bridgehead atoms. The normalized spacial score (nSPS) is 13.9. The molecule has 16 heavy (non-hydrogen) atoms. The smallest absolute Gasteiger partial charge is 0.264 e. The second-order valence-corrected chi connectivity index (χ2v) is 5.92. The van der Waals surface area contributed by atoms with Crippen molar-refractivity contribution in [2.24, 2.45) is 0 Å². The molecule has 98 valence electrons. The van der Waals surface area contributed by atoms with E-state index in [1.54, 1.807) is 0 Å². The minimum absolute atomic E-state index is 0.150. The quantitative estimate of drug-likeness (QED) is 0.461. The van der Waals surface area contributed by atoms with E-state index in [0.717, 1.165) is 6.42 Å². The molecule has 0 amide bonds. The topological polar surface area (TPSA) is 66.4 Å². The standard InChI is InChI=1S/C11H25NO3S/c1-3-4-5-6-8-11(2)12-9-7-10-16(13,14)15/h11-12H,3-10H2,1-2H3,(H,13,14,15)/t11-/m1/s1. The molecule has 1 atom stereocenters. The van der Waals surface area contributed by atoms with Gasteiger partial charge in [0.15, 0.2) is 0 Å². The number of unbranched alkanes of at least 4 members (excludes halogenated alkanes) is 3. The third-order valence-electron chi connectivity index (χ3n) is 2.56. The van der Waals surface area contributed by atoms with Crippen molar-refractivity contribution in [2.45, 2.75) is 58.4 Å². The molecule has 0 aliphatic heterocycles. The van der Waals surface area contributed by atoms with E-state index in [1.165, 1.54) is 25.7 Å². The second-order valence-electron chi connectivity index (χ2n) is 4.34. The molecule has 0 heterocycles. The van der Waals surface area contributed by atoms with Crippen LogP contribution >= 0.6 is 0 Å². The molecule has 0 aliphatic carbocycles. The summed E-state index contributed by atoms with van der Waals surface area (Å²) in [4.78, 5) is 0. The molecule has 5 heteroatoms. The summed E-state index contributed by atoms with van der Waals surface area (Å²) in [7, 11) is -3.79. The maximum atomic E-state index is 10.4. The predicted octanol–water partition coefficient (Wildman–Crippen LogP) is 2.21. The van der Waals surface area contributed by atoms with E-state index in [2.05, 4.69) is 19.2 Å². The molecular weight excluding hydrogens is 226 g/mol. The molecule has 0 spiro atoms. The Labute approximate surface area is 99.6 Å². The maximum Gasteiger partial charge on any atom is 0.264 e. The van der Waals surface area contributed by atoms with Crippen molar-refractivity contribution in [1.29, 1.82) is 0 Å². The average Bonchev–Trinajstić information content (AvgIpc) is 2.18. The summed E-state index contributed by atoms with van der Waals surface area (Å²) in [6.45, 7) is 4.95. The van der Waals surface area contributed by atoms with Crippen molar-refractivity contribution in [2.75, 3.05) is 12.3 Å². The van der Waals surface area contributed by atoms with Crippen molar-refractivity contribution < 1.29 is 13.0 Å². The van der Waals surface area contributed by atoms with Crippen molar-refractivity contribution in [3.8, 4) is 0 Å². The van der Waals surface area contributed by atoms with Gasteiger partial charge in [0.25, 0.3) is 10.1 Å². The van der Waals surface area contributed by atoms with Gasteiger partial charge in [0.1, 0.15) is 0 Å². The van der Waals surface area contributed by atoms with Crippen molar-refractivity contribution in [3.05, 3.63) is 0 Å². The van der Waals surface area contributed by atoms with E-state index in [-0.39, 0.29) is 5.75 Å². The Hall–Kier alpha value is -0.130. The van der Waals surface area contributed by atoms with E-state index in [0.29, 0.717) is 19.0 Å². The van der Waals surface area contributed by atoms with Crippen LogP contribution < -0.4 is 5.32 Å². The van der Waals surface area contributed by atoms with E-state index >= 15 is 0 Å². The molecule has 0 saturated heterocycles. The zero-order chi connectivity index (χ0) is 12.4. The van der Waals surface area contributed by atoms with Crippen LogP contribution in [0.3, 0.4) is 0 Å². The Morgan fingerprint density at radius 2 is 1.88 bits per heavy atom. The van der Waals surface area contributed by atoms with Crippen LogP contribution in [0.1, 0.15) is 52.4 Å². The Kier molecular flexibility index (Phi) is 8.89. The summed E-state index contributed by atoms with van der Waals surface area (Å²) in [5.74, 6) is -0.150. The molecule has 0 aromatic rings. The molecule has 0 saturated carbocycles. The van der Waals surface area contributed by atoms with Gasteiger partial charge in [0.05, 0.1) is 5.75 Å². The summed E-state index contributed by atoms with van der Waals surface area (Å²) in [5.41, 5.74) is 0. The van der Waals surface area contributed by atoms with E-state index in [9.17, 15) is 8.42 Å². The van der Waals surface area contributed by atoms with Crippen LogP contribution in [0.4, 0.5) is 0 Å². The van der Waals surface area contributed by atoms with Gasteiger partial charge >= 0.3 is 0 Å². The highest BCUT2D eigenvalue weighted by Crippen LogP contribution is 2.05. The molecular formula is C11H25NO3S. The first-order chi connectivity index (χ1) is 7.45. The summed E-state index contributed by atoms with van der Waals surface area (Å²) >= 11 is 0. The van der Waals surface area contributed by atoms with Crippen LogP contribution in [-0.2, 0) is 10.1 Å². The highest BCUT2D eigenvalue weighted by Gasteiger charge is 2.05. The van der Waals surface area contributed by atoms with Crippen LogP contribution in [-0.4, -0.2) is 31.3 Å². The van der Waals surface area contributed by atoms with Crippen molar-refractivity contribution in [3.63, 3.8) is 0 Å². The lowest BCUT2D eigenvalue weighted by molar-refractivity contribution is 0.466. The zero-order valence-electron chi connectivity index (χ0n) is 10.4. The fourth-order valence-corrected chi connectivity index (χ4v) is 2.09. The molecule has 0 fully saturated rings. The summed E-state index contributed by atoms with van der Waals surface area (Å²) in [5, 5.41) is 3.26. The lowest BCUT2D eigenvalue weighted by Gasteiger charge is -2.12. The molecule has 0 unspecified atom stereocenters. The molecule has 0 aliphatic rings. The summed E-state index contributed by atoms with van der Waals surface area (Å²) in [6, 6.07) is 0.429. The van der Waals surface area contributed by atoms with Gasteiger partial charge < -0.3 is 5.32 Å². The Balaban J connectivity index is 3.33. The zero-order valence-corrected chi connectivity index (χ0v) is 11.2. The third kappa shape index (κ3) is 11.9. The fourth-order valence-electron chi connectivity index (χ4n) is 1.58. The number of nitrogens with one attached hydrogen (secondary N) is 1. The highest BCUT2D eigenvalue weighted by atomic mass is 32.2. The fraction of sp³-hybridized carbons (Fsp3) is 1.00. The first-order valence-corrected chi connectivity index (χ1v) is 7.75. The molecule has 0 aromatic heterocycles. The van der Waals surface area contributed by atoms with Crippen molar-refractivity contribution >= 4 is 10.1 Å². The monoisotopic (exact) mass is 251 g/mol. The lowest BCUT2D eigenvalue weighted by atomic mass is 10.1. The number of hydrogen-bond acceptors (Lipinski definition) is 3. The minimum atomic E-state index is -3.79. The summed E-state index contributed by atoms with van der Waals surface area (Å²) in [6.07, 6.45) is 6.63. The van der Waals surface area contributed by atoms with Gasteiger partial charge in [-0.15, -0.1) is 0 Å². The Bertz CT molecular complexity index is 252. The van der Waals surface area contributed by atoms with Gasteiger partial charge in [-0.05, 0) is 26.3 Å². The van der Waals surface area contributed by atoms with Gasteiger partial charge in [-0.25, -0.2) is 0 Å². The molecule has 2 N–H and O–H groups in total. The number of rotatable bonds is 10. The third-order valence-corrected chi connectivity index (χ3v) is 3.37. The SMILES string of the molecule is CCCCCC[C@@H](C)NCCCS(=O)(=O)O. The van der Waals surface area contributed by atoms with Crippen LogP contribution in [0.2, 0.25) is 0 Å². The first kappa shape index (κ1) is 15.9. The molecule has 0 aromatic carbocycles. The lowest BCUT2D eigenvalue weighted by Crippen LogP contribution is -2.28. The van der Waals surface area contributed by atoms with Gasteiger partial charge in [-0.1, -0.05) is 32.6 Å².